The highest BCUT2D eigenvalue weighted by Crippen LogP contribution is 2.21. The van der Waals surface area contributed by atoms with Crippen molar-refractivity contribution in [2.24, 2.45) is 0 Å². The molecule has 1 amide bonds. The van der Waals surface area contributed by atoms with Crippen molar-refractivity contribution in [3.05, 3.63) is 42.4 Å². The maximum Gasteiger partial charge on any atom is 0.275 e. The molecule has 0 bridgehead atoms. The molecule has 1 aromatic carbocycles. The molecule has 2 N–H and O–H groups in total. The molecule has 0 radical (unpaired) electrons. The molecule has 2 aromatic rings. The molecule has 1 heterocycles. The van der Waals surface area contributed by atoms with E-state index < -0.39 is 0 Å². The molecule has 25 heavy (non-hydrogen) atoms. The first-order valence-electron chi connectivity index (χ1n) is 8.77. The monoisotopic (exact) mass is 340 g/mol. The van der Waals surface area contributed by atoms with Gasteiger partial charge in [-0.15, -0.1) is 0 Å². The van der Waals surface area contributed by atoms with Crippen molar-refractivity contribution in [1.29, 1.82) is 0 Å². The largest absolute Gasteiger partial charge is 0.491 e. The number of nitrogens with zero attached hydrogens (tertiary/aromatic N) is 2. The Balaban J connectivity index is 1.57. The quantitative estimate of drug-likeness (QED) is 0.835. The standard InChI is InChI=1S/C19H24N4O2/c1-13(2)25-16-9-7-15(8-10-16)23-19(24)17-11-21-18(12-20-17)22-14-5-3-4-6-14/h7-14H,3-6H2,1-2H3,(H,21,22)(H,23,24). The number of aromatic nitrogens is 2. The van der Waals surface area contributed by atoms with Gasteiger partial charge in [-0.2, -0.15) is 0 Å². The Bertz CT molecular complexity index is 692. The van der Waals surface area contributed by atoms with E-state index in [1.165, 1.54) is 31.9 Å². The van der Waals surface area contributed by atoms with Gasteiger partial charge in [-0.25, -0.2) is 9.97 Å². The number of carbonyl (C=O) groups excluding carboxylic acids is 1. The third-order valence-corrected chi connectivity index (χ3v) is 4.08. The minimum atomic E-state index is -0.280. The lowest BCUT2D eigenvalue weighted by molar-refractivity contribution is 0.102. The number of rotatable bonds is 6. The van der Waals surface area contributed by atoms with Crippen LogP contribution in [0.4, 0.5) is 11.5 Å². The SMILES string of the molecule is CC(C)Oc1ccc(NC(=O)c2cnc(NC3CCCC3)cn2)cc1. The van der Waals surface area contributed by atoms with E-state index in [4.69, 9.17) is 4.74 Å². The summed E-state index contributed by atoms with van der Waals surface area (Å²) < 4.78 is 5.58. The van der Waals surface area contributed by atoms with Crippen molar-refractivity contribution in [2.75, 3.05) is 10.6 Å². The molecule has 1 aliphatic rings. The molecule has 132 valence electrons. The van der Waals surface area contributed by atoms with E-state index in [0.717, 1.165) is 11.6 Å². The van der Waals surface area contributed by atoms with E-state index in [9.17, 15) is 4.79 Å². The zero-order valence-electron chi connectivity index (χ0n) is 14.7. The van der Waals surface area contributed by atoms with Gasteiger partial charge in [0.1, 0.15) is 17.3 Å². The number of ether oxygens (including phenoxy) is 1. The summed E-state index contributed by atoms with van der Waals surface area (Å²) >= 11 is 0. The average molecular weight is 340 g/mol. The Morgan fingerprint density at radius 2 is 1.84 bits per heavy atom. The molecule has 3 rings (SSSR count). The van der Waals surface area contributed by atoms with Crippen LogP contribution in [-0.2, 0) is 0 Å². The average Bonchev–Trinajstić information content (AvgIpc) is 3.10. The van der Waals surface area contributed by atoms with Crippen LogP contribution in [-0.4, -0.2) is 28.0 Å². The van der Waals surface area contributed by atoms with Gasteiger partial charge in [0.15, 0.2) is 0 Å². The Labute approximate surface area is 148 Å². The molecule has 1 fully saturated rings. The Kier molecular flexibility index (Phi) is 5.48. The number of benzene rings is 1. The van der Waals surface area contributed by atoms with Crippen LogP contribution in [0.25, 0.3) is 0 Å². The zero-order valence-corrected chi connectivity index (χ0v) is 14.7. The summed E-state index contributed by atoms with van der Waals surface area (Å²) in [7, 11) is 0. The number of hydrogen-bond donors (Lipinski definition) is 2. The molecule has 6 heteroatoms. The van der Waals surface area contributed by atoms with Crippen LogP contribution in [0.3, 0.4) is 0 Å². The summed E-state index contributed by atoms with van der Waals surface area (Å²) in [5.41, 5.74) is 0.982. The number of hydrogen-bond acceptors (Lipinski definition) is 5. The van der Waals surface area contributed by atoms with Crippen LogP contribution >= 0.6 is 0 Å². The van der Waals surface area contributed by atoms with Crippen LogP contribution in [0.5, 0.6) is 5.75 Å². The summed E-state index contributed by atoms with van der Waals surface area (Å²) in [5.74, 6) is 1.21. The van der Waals surface area contributed by atoms with Crippen LogP contribution < -0.4 is 15.4 Å². The van der Waals surface area contributed by atoms with Crippen LogP contribution in [0.1, 0.15) is 50.0 Å². The summed E-state index contributed by atoms with van der Waals surface area (Å²) in [4.78, 5) is 20.8. The molecule has 1 aromatic heterocycles. The van der Waals surface area contributed by atoms with E-state index in [1.54, 1.807) is 18.3 Å². The second kappa shape index (κ2) is 7.96. The first-order valence-corrected chi connectivity index (χ1v) is 8.77. The molecular weight excluding hydrogens is 316 g/mol. The third kappa shape index (κ3) is 4.92. The normalized spacial score (nSPS) is 14.5. The van der Waals surface area contributed by atoms with E-state index in [-0.39, 0.29) is 12.0 Å². The minimum Gasteiger partial charge on any atom is -0.491 e. The lowest BCUT2D eigenvalue weighted by Crippen LogP contribution is -2.17. The fourth-order valence-corrected chi connectivity index (χ4v) is 2.88. The van der Waals surface area contributed by atoms with E-state index in [2.05, 4.69) is 20.6 Å². The van der Waals surface area contributed by atoms with Gasteiger partial charge in [-0.3, -0.25) is 4.79 Å². The van der Waals surface area contributed by atoms with Crippen molar-refractivity contribution in [2.45, 2.75) is 51.7 Å². The van der Waals surface area contributed by atoms with Gasteiger partial charge in [-0.1, -0.05) is 12.8 Å². The molecule has 0 aliphatic heterocycles. The number of anilines is 2. The first kappa shape index (κ1) is 17.2. The second-order valence-electron chi connectivity index (χ2n) is 6.56. The maximum absolute atomic E-state index is 12.3. The lowest BCUT2D eigenvalue weighted by Gasteiger charge is -2.12. The van der Waals surface area contributed by atoms with Gasteiger partial charge in [0, 0.05) is 11.7 Å². The summed E-state index contributed by atoms with van der Waals surface area (Å²) in [6.45, 7) is 3.94. The van der Waals surface area contributed by atoms with Crippen LogP contribution in [0.2, 0.25) is 0 Å². The van der Waals surface area contributed by atoms with Crippen LogP contribution in [0.15, 0.2) is 36.7 Å². The zero-order chi connectivity index (χ0) is 17.6. The second-order valence-corrected chi connectivity index (χ2v) is 6.56. The molecule has 0 saturated heterocycles. The maximum atomic E-state index is 12.3. The molecular formula is C19H24N4O2. The van der Waals surface area contributed by atoms with E-state index in [1.807, 2.05) is 26.0 Å². The number of nitrogens with one attached hydrogen (secondary N) is 2. The summed E-state index contributed by atoms with van der Waals surface area (Å²) in [6, 6.07) is 7.74. The van der Waals surface area contributed by atoms with E-state index >= 15 is 0 Å². The van der Waals surface area contributed by atoms with Crippen molar-refractivity contribution in [1.82, 2.24) is 9.97 Å². The van der Waals surface area contributed by atoms with Gasteiger partial charge in [-0.05, 0) is 51.0 Å². The van der Waals surface area contributed by atoms with Crippen LogP contribution in [0, 0.1) is 0 Å². The number of amides is 1. The van der Waals surface area contributed by atoms with Gasteiger partial charge in [0.2, 0.25) is 0 Å². The smallest absolute Gasteiger partial charge is 0.275 e. The van der Waals surface area contributed by atoms with Gasteiger partial charge < -0.3 is 15.4 Å². The Morgan fingerprint density at radius 3 is 2.44 bits per heavy atom. The molecule has 0 unspecified atom stereocenters. The molecule has 1 saturated carbocycles. The fourth-order valence-electron chi connectivity index (χ4n) is 2.88. The first-order chi connectivity index (χ1) is 12.1. The van der Waals surface area contributed by atoms with Crippen molar-refractivity contribution in [3.8, 4) is 5.75 Å². The third-order valence-electron chi connectivity index (χ3n) is 4.08. The predicted molar refractivity (Wildman–Crippen MR) is 98.1 cm³/mol. The van der Waals surface area contributed by atoms with Gasteiger partial charge in [0.25, 0.3) is 5.91 Å². The Hall–Kier alpha value is -2.63. The van der Waals surface area contributed by atoms with Gasteiger partial charge in [0.05, 0.1) is 18.5 Å². The minimum absolute atomic E-state index is 0.118. The van der Waals surface area contributed by atoms with Crippen molar-refractivity contribution in [3.63, 3.8) is 0 Å². The highest BCUT2D eigenvalue weighted by atomic mass is 16.5. The topological polar surface area (TPSA) is 76.1 Å². The molecule has 0 spiro atoms. The van der Waals surface area contributed by atoms with Gasteiger partial charge >= 0.3 is 0 Å². The summed E-state index contributed by atoms with van der Waals surface area (Å²) in [6.07, 6.45) is 8.09. The molecule has 1 aliphatic carbocycles. The summed E-state index contributed by atoms with van der Waals surface area (Å²) in [5, 5.41) is 6.17. The predicted octanol–water partition coefficient (Wildman–Crippen LogP) is 3.87. The fraction of sp³-hybridized carbons (Fsp3) is 0.421. The van der Waals surface area contributed by atoms with Crippen molar-refractivity contribution < 1.29 is 9.53 Å². The highest BCUT2D eigenvalue weighted by molar-refractivity contribution is 6.02. The van der Waals surface area contributed by atoms with E-state index in [0.29, 0.717) is 17.4 Å². The highest BCUT2D eigenvalue weighted by Gasteiger charge is 2.15. The lowest BCUT2D eigenvalue weighted by atomic mass is 10.2. The molecule has 0 atom stereocenters. The number of carbonyl (C=O) groups is 1. The molecule has 6 nitrogen and oxygen atoms in total. The van der Waals surface area contributed by atoms with Crippen molar-refractivity contribution >= 4 is 17.4 Å². The Morgan fingerprint density at radius 1 is 1.12 bits per heavy atom.